The van der Waals surface area contributed by atoms with Gasteiger partial charge in [0.15, 0.2) is 0 Å². The highest BCUT2D eigenvalue weighted by atomic mass is 16.5. The summed E-state index contributed by atoms with van der Waals surface area (Å²) in [7, 11) is 1.67. The van der Waals surface area contributed by atoms with Gasteiger partial charge in [0.25, 0.3) is 0 Å². The monoisotopic (exact) mass is 320 g/mol. The van der Waals surface area contributed by atoms with E-state index >= 15 is 0 Å². The zero-order valence-corrected chi connectivity index (χ0v) is 14.3. The molecule has 1 aliphatic rings. The Bertz CT molecular complexity index is 523. The molecule has 2 rings (SSSR count). The number of amides is 2. The fraction of sp³-hybridized carbons (Fsp3) is 0.611. The molecule has 1 aromatic carbocycles. The lowest BCUT2D eigenvalue weighted by Gasteiger charge is -2.33. The van der Waals surface area contributed by atoms with Crippen molar-refractivity contribution in [2.45, 2.75) is 39.2 Å². The summed E-state index contributed by atoms with van der Waals surface area (Å²) in [6.07, 6.45) is 2.25. The third-order valence-corrected chi connectivity index (χ3v) is 4.67. The SMILES string of the molecule is COc1cc(CCNC(=O)N2CCC(C(C)O)CC2)ccc1C. The summed E-state index contributed by atoms with van der Waals surface area (Å²) in [4.78, 5) is 14.0. The molecule has 1 fully saturated rings. The van der Waals surface area contributed by atoms with Crippen molar-refractivity contribution in [2.75, 3.05) is 26.7 Å². The van der Waals surface area contributed by atoms with Crippen LogP contribution in [0.2, 0.25) is 0 Å². The van der Waals surface area contributed by atoms with E-state index in [0.29, 0.717) is 12.5 Å². The number of aliphatic hydroxyl groups excluding tert-OH is 1. The first kappa shape index (κ1) is 17.6. The number of ether oxygens (including phenoxy) is 1. The molecule has 5 nitrogen and oxygen atoms in total. The van der Waals surface area contributed by atoms with Crippen molar-refractivity contribution < 1.29 is 14.6 Å². The zero-order valence-electron chi connectivity index (χ0n) is 14.3. The normalized spacial score (nSPS) is 17.0. The van der Waals surface area contributed by atoms with E-state index in [1.165, 1.54) is 0 Å². The molecule has 1 aliphatic heterocycles. The van der Waals surface area contributed by atoms with Crippen LogP contribution in [-0.4, -0.2) is 48.9 Å². The number of hydrogen-bond donors (Lipinski definition) is 2. The Hall–Kier alpha value is -1.75. The van der Waals surface area contributed by atoms with Crippen molar-refractivity contribution in [2.24, 2.45) is 5.92 Å². The van der Waals surface area contributed by atoms with Crippen LogP contribution in [0.4, 0.5) is 4.79 Å². The molecule has 2 N–H and O–H groups in total. The number of methoxy groups -OCH3 is 1. The van der Waals surface area contributed by atoms with Crippen LogP contribution < -0.4 is 10.1 Å². The van der Waals surface area contributed by atoms with E-state index < -0.39 is 0 Å². The number of piperidine rings is 1. The molecule has 1 atom stereocenters. The third-order valence-electron chi connectivity index (χ3n) is 4.67. The van der Waals surface area contributed by atoms with Gasteiger partial charge in [-0.25, -0.2) is 4.79 Å². The topological polar surface area (TPSA) is 61.8 Å². The maximum atomic E-state index is 12.2. The lowest BCUT2D eigenvalue weighted by Crippen LogP contribution is -2.46. The molecule has 1 aromatic rings. The van der Waals surface area contributed by atoms with Gasteiger partial charge in [-0.3, -0.25) is 0 Å². The first-order valence-corrected chi connectivity index (χ1v) is 8.35. The molecule has 0 aliphatic carbocycles. The van der Waals surface area contributed by atoms with Crippen LogP contribution in [0.3, 0.4) is 0 Å². The molecular weight excluding hydrogens is 292 g/mol. The lowest BCUT2D eigenvalue weighted by atomic mass is 9.92. The van der Waals surface area contributed by atoms with Gasteiger partial charge in [0.1, 0.15) is 5.75 Å². The molecule has 5 heteroatoms. The molecule has 1 heterocycles. The molecule has 1 saturated heterocycles. The first-order valence-electron chi connectivity index (χ1n) is 8.35. The molecule has 0 radical (unpaired) electrons. The number of nitrogens with one attached hydrogen (secondary N) is 1. The van der Waals surface area contributed by atoms with Crippen molar-refractivity contribution in [3.63, 3.8) is 0 Å². The van der Waals surface area contributed by atoms with Gasteiger partial charge < -0.3 is 20.1 Å². The number of nitrogens with zero attached hydrogens (tertiary/aromatic N) is 1. The summed E-state index contributed by atoms with van der Waals surface area (Å²) in [6, 6.07) is 6.12. The lowest BCUT2D eigenvalue weighted by molar-refractivity contribution is 0.0799. The smallest absolute Gasteiger partial charge is 0.317 e. The summed E-state index contributed by atoms with van der Waals surface area (Å²) >= 11 is 0. The predicted molar refractivity (Wildman–Crippen MR) is 90.8 cm³/mol. The number of carbonyl (C=O) groups is 1. The molecular formula is C18H28N2O3. The van der Waals surface area contributed by atoms with Crippen molar-refractivity contribution >= 4 is 6.03 Å². The molecule has 128 valence electrons. The number of carbonyl (C=O) groups excluding carboxylic acids is 1. The zero-order chi connectivity index (χ0) is 16.8. The van der Waals surface area contributed by atoms with E-state index in [1.54, 1.807) is 7.11 Å². The minimum absolute atomic E-state index is 0.00637. The third kappa shape index (κ3) is 4.86. The summed E-state index contributed by atoms with van der Waals surface area (Å²) in [6.45, 7) is 5.90. The van der Waals surface area contributed by atoms with E-state index in [9.17, 15) is 9.90 Å². The Morgan fingerprint density at radius 3 is 2.74 bits per heavy atom. The standard InChI is InChI=1S/C18H28N2O3/c1-13-4-5-15(12-17(13)23-3)6-9-19-18(22)20-10-7-16(8-11-20)14(2)21/h4-5,12,14,16,21H,6-11H2,1-3H3,(H,19,22). The van der Waals surface area contributed by atoms with Gasteiger partial charge in [-0.15, -0.1) is 0 Å². The summed E-state index contributed by atoms with van der Waals surface area (Å²) < 4.78 is 5.32. The maximum absolute atomic E-state index is 12.2. The van der Waals surface area contributed by atoms with Gasteiger partial charge in [0.05, 0.1) is 13.2 Å². The highest BCUT2D eigenvalue weighted by Crippen LogP contribution is 2.21. The van der Waals surface area contributed by atoms with Crippen molar-refractivity contribution in [1.82, 2.24) is 10.2 Å². The highest BCUT2D eigenvalue weighted by molar-refractivity contribution is 5.74. The Morgan fingerprint density at radius 2 is 2.13 bits per heavy atom. The molecule has 0 bridgehead atoms. The molecule has 0 aromatic heterocycles. The average Bonchev–Trinajstić information content (AvgIpc) is 2.56. The second-order valence-corrected chi connectivity index (χ2v) is 6.35. The molecule has 23 heavy (non-hydrogen) atoms. The fourth-order valence-electron chi connectivity index (χ4n) is 3.03. The van der Waals surface area contributed by atoms with Crippen molar-refractivity contribution in [1.29, 1.82) is 0 Å². The number of hydrogen-bond acceptors (Lipinski definition) is 3. The van der Waals surface area contributed by atoms with E-state index in [1.807, 2.05) is 30.9 Å². The van der Waals surface area contributed by atoms with Gasteiger partial charge in [0.2, 0.25) is 0 Å². The molecule has 1 unspecified atom stereocenters. The number of benzene rings is 1. The van der Waals surface area contributed by atoms with Crippen molar-refractivity contribution in [3.8, 4) is 5.75 Å². The maximum Gasteiger partial charge on any atom is 0.317 e. The minimum Gasteiger partial charge on any atom is -0.496 e. The first-order chi connectivity index (χ1) is 11.0. The predicted octanol–water partition coefficient (Wildman–Crippen LogP) is 2.35. The number of rotatable bonds is 5. The Morgan fingerprint density at radius 1 is 1.43 bits per heavy atom. The van der Waals surface area contributed by atoms with Crippen LogP contribution in [0.25, 0.3) is 0 Å². The average molecular weight is 320 g/mol. The minimum atomic E-state index is -0.281. The number of likely N-dealkylation sites (tertiary alicyclic amines) is 1. The number of aryl methyl sites for hydroxylation is 1. The van der Waals surface area contributed by atoms with Gasteiger partial charge >= 0.3 is 6.03 Å². The van der Waals surface area contributed by atoms with Gasteiger partial charge in [-0.1, -0.05) is 12.1 Å². The second-order valence-electron chi connectivity index (χ2n) is 6.35. The van der Waals surface area contributed by atoms with E-state index in [-0.39, 0.29) is 12.1 Å². The van der Waals surface area contributed by atoms with E-state index in [4.69, 9.17) is 4.74 Å². The summed E-state index contributed by atoms with van der Waals surface area (Å²) in [5, 5.41) is 12.6. The van der Waals surface area contributed by atoms with Gasteiger partial charge in [0, 0.05) is 19.6 Å². The quantitative estimate of drug-likeness (QED) is 0.875. The number of urea groups is 1. The molecule has 2 amide bonds. The van der Waals surface area contributed by atoms with Gasteiger partial charge in [-0.2, -0.15) is 0 Å². The summed E-state index contributed by atoms with van der Waals surface area (Å²) in [5.41, 5.74) is 2.27. The van der Waals surface area contributed by atoms with Crippen LogP contribution in [-0.2, 0) is 6.42 Å². The Kier molecular flexibility index (Phi) is 6.28. The van der Waals surface area contributed by atoms with Crippen LogP contribution in [0.15, 0.2) is 18.2 Å². The van der Waals surface area contributed by atoms with Crippen LogP contribution in [0.1, 0.15) is 30.9 Å². The Labute approximate surface area is 138 Å². The second kappa shape index (κ2) is 8.20. The van der Waals surface area contributed by atoms with Crippen LogP contribution in [0.5, 0.6) is 5.75 Å². The Balaban J connectivity index is 1.75. The molecule has 0 spiro atoms. The highest BCUT2D eigenvalue weighted by Gasteiger charge is 2.25. The fourth-order valence-corrected chi connectivity index (χ4v) is 3.03. The largest absolute Gasteiger partial charge is 0.496 e. The van der Waals surface area contributed by atoms with Crippen LogP contribution in [0, 0.1) is 12.8 Å². The van der Waals surface area contributed by atoms with Crippen molar-refractivity contribution in [3.05, 3.63) is 29.3 Å². The van der Waals surface area contributed by atoms with Crippen LogP contribution >= 0.6 is 0 Å². The molecule has 0 saturated carbocycles. The van der Waals surface area contributed by atoms with E-state index in [2.05, 4.69) is 11.4 Å². The van der Waals surface area contributed by atoms with E-state index in [0.717, 1.165) is 49.2 Å². The summed E-state index contributed by atoms with van der Waals surface area (Å²) in [5.74, 6) is 1.20. The number of aliphatic hydroxyl groups is 1. The van der Waals surface area contributed by atoms with Gasteiger partial charge in [-0.05, 0) is 56.2 Å².